The van der Waals surface area contributed by atoms with Crippen LogP contribution in [-0.2, 0) is 9.53 Å². The zero-order valence-electron chi connectivity index (χ0n) is 11.7. The van der Waals surface area contributed by atoms with Crippen molar-refractivity contribution in [1.29, 1.82) is 0 Å². The van der Waals surface area contributed by atoms with Gasteiger partial charge in [0.2, 0.25) is 5.91 Å². The maximum Gasteiger partial charge on any atom is 0.251 e. The van der Waals surface area contributed by atoms with Crippen molar-refractivity contribution in [2.24, 2.45) is 5.73 Å². The molecule has 0 bridgehead atoms. The van der Waals surface area contributed by atoms with Gasteiger partial charge in [0.05, 0.1) is 6.61 Å². The lowest BCUT2D eigenvalue weighted by Crippen LogP contribution is -2.29. The molecule has 0 fully saturated rings. The molecule has 5 N–H and O–H groups in total. The Kier molecular flexibility index (Phi) is 5.92. The maximum absolute atomic E-state index is 11.9. The standard InChI is InChI=1S/C13H20N4O3/c1-8(2)10-5-9(6-11(14)17-10)13(19)16-3-4-20-7-12(15)18/h5-6,8H,3-4,7H2,1-2H3,(H2,14,17)(H2,15,18)(H,16,19). The molecule has 0 saturated carbocycles. The molecule has 0 radical (unpaired) electrons. The second-order valence-corrected chi connectivity index (χ2v) is 4.64. The fourth-order valence-electron chi connectivity index (χ4n) is 1.51. The van der Waals surface area contributed by atoms with Crippen molar-refractivity contribution in [3.05, 3.63) is 23.4 Å². The number of amides is 2. The van der Waals surface area contributed by atoms with Crippen LogP contribution in [0.2, 0.25) is 0 Å². The number of nitrogens with zero attached hydrogens (tertiary/aromatic N) is 1. The van der Waals surface area contributed by atoms with E-state index in [4.69, 9.17) is 16.2 Å². The topological polar surface area (TPSA) is 120 Å². The molecular formula is C13H20N4O3. The van der Waals surface area contributed by atoms with E-state index < -0.39 is 5.91 Å². The quantitative estimate of drug-likeness (QED) is 0.608. The number of aromatic nitrogens is 1. The van der Waals surface area contributed by atoms with Gasteiger partial charge in [-0.05, 0) is 18.1 Å². The third kappa shape index (κ3) is 5.23. The second-order valence-electron chi connectivity index (χ2n) is 4.64. The molecule has 2 amide bonds. The Hall–Kier alpha value is -2.15. The summed E-state index contributed by atoms with van der Waals surface area (Å²) in [4.78, 5) is 26.5. The predicted molar refractivity (Wildman–Crippen MR) is 75.1 cm³/mol. The van der Waals surface area contributed by atoms with Crippen LogP contribution in [0.5, 0.6) is 0 Å². The van der Waals surface area contributed by atoms with E-state index in [0.29, 0.717) is 11.4 Å². The molecule has 7 heteroatoms. The van der Waals surface area contributed by atoms with E-state index in [-0.39, 0.29) is 31.6 Å². The van der Waals surface area contributed by atoms with Crippen molar-refractivity contribution in [2.75, 3.05) is 25.5 Å². The molecule has 110 valence electrons. The van der Waals surface area contributed by atoms with Gasteiger partial charge in [0.25, 0.3) is 5.91 Å². The van der Waals surface area contributed by atoms with Crippen LogP contribution < -0.4 is 16.8 Å². The highest BCUT2D eigenvalue weighted by atomic mass is 16.5. The number of hydrogen-bond donors (Lipinski definition) is 3. The van der Waals surface area contributed by atoms with E-state index in [1.165, 1.54) is 6.07 Å². The first-order valence-corrected chi connectivity index (χ1v) is 6.32. The highest BCUT2D eigenvalue weighted by molar-refractivity contribution is 5.94. The van der Waals surface area contributed by atoms with E-state index in [2.05, 4.69) is 10.3 Å². The van der Waals surface area contributed by atoms with Gasteiger partial charge in [0.1, 0.15) is 12.4 Å². The van der Waals surface area contributed by atoms with Gasteiger partial charge < -0.3 is 21.5 Å². The molecule has 20 heavy (non-hydrogen) atoms. The van der Waals surface area contributed by atoms with Crippen LogP contribution in [0.1, 0.15) is 35.8 Å². The van der Waals surface area contributed by atoms with Crippen LogP contribution in [-0.4, -0.2) is 36.6 Å². The summed E-state index contributed by atoms with van der Waals surface area (Å²) in [5.41, 5.74) is 11.8. The van der Waals surface area contributed by atoms with Gasteiger partial charge in [-0.1, -0.05) is 13.8 Å². The minimum absolute atomic E-state index is 0.157. The SMILES string of the molecule is CC(C)c1cc(C(=O)NCCOCC(N)=O)cc(N)n1. The predicted octanol–water partition coefficient (Wildman–Crippen LogP) is 0.0189. The van der Waals surface area contributed by atoms with E-state index in [0.717, 1.165) is 5.69 Å². The molecular weight excluding hydrogens is 260 g/mol. The van der Waals surface area contributed by atoms with Crippen LogP contribution in [0.3, 0.4) is 0 Å². The lowest BCUT2D eigenvalue weighted by Gasteiger charge is -2.09. The Morgan fingerprint density at radius 3 is 2.70 bits per heavy atom. The molecule has 0 unspecified atom stereocenters. The fraction of sp³-hybridized carbons (Fsp3) is 0.462. The summed E-state index contributed by atoms with van der Waals surface area (Å²) in [5.74, 6) is -0.307. The summed E-state index contributed by atoms with van der Waals surface area (Å²) in [5, 5.41) is 2.67. The smallest absolute Gasteiger partial charge is 0.251 e. The zero-order chi connectivity index (χ0) is 15.1. The summed E-state index contributed by atoms with van der Waals surface area (Å²) in [6.07, 6.45) is 0. The number of pyridine rings is 1. The molecule has 1 aromatic rings. The number of primary amides is 1. The van der Waals surface area contributed by atoms with Crippen LogP contribution in [0.15, 0.2) is 12.1 Å². The number of nitrogens with two attached hydrogens (primary N) is 2. The molecule has 0 aliphatic heterocycles. The summed E-state index contributed by atoms with van der Waals surface area (Å²) >= 11 is 0. The summed E-state index contributed by atoms with van der Waals surface area (Å²) in [6, 6.07) is 3.23. The van der Waals surface area contributed by atoms with Crippen molar-refractivity contribution >= 4 is 17.6 Å². The van der Waals surface area contributed by atoms with E-state index >= 15 is 0 Å². The van der Waals surface area contributed by atoms with Gasteiger partial charge in [0.15, 0.2) is 0 Å². The van der Waals surface area contributed by atoms with E-state index in [9.17, 15) is 9.59 Å². The molecule has 1 aromatic heterocycles. The number of carbonyl (C=O) groups excluding carboxylic acids is 2. The lowest BCUT2D eigenvalue weighted by molar-refractivity contribution is -0.122. The third-order valence-electron chi connectivity index (χ3n) is 2.49. The van der Waals surface area contributed by atoms with Crippen molar-refractivity contribution in [2.45, 2.75) is 19.8 Å². The summed E-state index contributed by atoms with van der Waals surface area (Å²) in [7, 11) is 0. The van der Waals surface area contributed by atoms with Crippen LogP contribution in [0, 0.1) is 0 Å². The third-order valence-corrected chi connectivity index (χ3v) is 2.49. The Labute approximate surface area is 117 Å². The van der Waals surface area contributed by atoms with E-state index in [1.54, 1.807) is 6.07 Å². The molecule has 0 spiro atoms. The number of rotatable bonds is 7. The first-order valence-electron chi connectivity index (χ1n) is 6.32. The first kappa shape index (κ1) is 15.9. The monoisotopic (exact) mass is 280 g/mol. The maximum atomic E-state index is 11.9. The molecule has 1 rings (SSSR count). The normalized spacial score (nSPS) is 10.6. The Balaban J connectivity index is 2.53. The first-order chi connectivity index (χ1) is 9.40. The molecule has 0 saturated heterocycles. The van der Waals surface area contributed by atoms with Gasteiger partial charge >= 0.3 is 0 Å². The van der Waals surface area contributed by atoms with Gasteiger partial charge in [-0.3, -0.25) is 9.59 Å². The van der Waals surface area contributed by atoms with Crippen molar-refractivity contribution < 1.29 is 14.3 Å². The average Bonchev–Trinajstić information content (AvgIpc) is 2.36. The van der Waals surface area contributed by atoms with Crippen molar-refractivity contribution in [3.8, 4) is 0 Å². The average molecular weight is 280 g/mol. The lowest BCUT2D eigenvalue weighted by atomic mass is 10.1. The van der Waals surface area contributed by atoms with Crippen LogP contribution in [0.4, 0.5) is 5.82 Å². The Bertz CT molecular complexity index is 489. The minimum Gasteiger partial charge on any atom is -0.384 e. The molecule has 1 heterocycles. The Morgan fingerprint density at radius 2 is 2.10 bits per heavy atom. The highest BCUT2D eigenvalue weighted by Gasteiger charge is 2.10. The van der Waals surface area contributed by atoms with Gasteiger partial charge in [-0.15, -0.1) is 0 Å². The largest absolute Gasteiger partial charge is 0.384 e. The molecule has 7 nitrogen and oxygen atoms in total. The number of carbonyl (C=O) groups is 2. The van der Waals surface area contributed by atoms with Gasteiger partial charge in [-0.2, -0.15) is 0 Å². The summed E-state index contributed by atoms with van der Waals surface area (Å²) in [6.45, 7) is 4.29. The number of nitrogens with one attached hydrogen (secondary N) is 1. The minimum atomic E-state index is -0.542. The van der Waals surface area contributed by atoms with Crippen LogP contribution >= 0.6 is 0 Å². The number of hydrogen-bond acceptors (Lipinski definition) is 5. The molecule has 0 atom stereocenters. The molecule has 0 aliphatic carbocycles. The Morgan fingerprint density at radius 1 is 1.40 bits per heavy atom. The van der Waals surface area contributed by atoms with Gasteiger partial charge in [0, 0.05) is 17.8 Å². The zero-order valence-corrected chi connectivity index (χ0v) is 11.7. The van der Waals surface area contributed by atoms with Crippen molar-refractivity contribution in [3.63, 3.8) is 0 Å². The number of nitrogen functional groups attached to an aromatic ring is 1. The van der Waals surface area contributed by atoms with E-state index in [1.807, 2.05) is 13.8 Å². The van der Waals surface area contributed by atoms with Crippen LogP contribution in [0.25, 0.3) is 0 Å². The molecule has 0 aromatic carbocycles. The molecule has 0 aliphatic rings. The number of ether oxygens (including phenoxy) is 1. The van der Waals surface area contributed by atoms with Gasteiger partial charge in [-0.25, -0.2) is 4.98 Å². The second kappa shape index (κ2) is 7.44. The number of anilines is 1. The fourth-order valence-corrected chi connectivity index (χ4v) is 1.51. The van der Waals surface area contributed by atoms with Crippen molar-refractivity contribution in [1.82, 2.24) is 10.3 Å². The summed E-state index contributed by atoms with van der Waals surface area (Å²) < 4.78 is 4.94. The highest BCUT2D eigenvalue weighted by Crippen LogP contribution is 2.15.